The van der Waals surface area contributed by atoms with Crippen LogP contribution in [-0.2, 0) is 4.79 Å². The topological polar surface area (TPSA) is 93.7 Å². The third kappa shape index (κ3) is 7.92. The molecule has 1 aromatic rings. The summed E-state index contributed by atoms with van der Waals surface area (Å²) >= 11 is 16.0. The minimum Gasteiger partial charge on any atom is -0.477 e. The zero-order valence-corrected chi connectivity index (χ0v) is 12.7. The number of carboxylic acids is 1. The van der Waals surface area contributed by atoms with Crippen LogP contribution >= 0.6 is 46.6 Å². The lowest BCUT2D eigenvalue weighted by atomic mass is 10.2. The number of hydrogen-bond acceptors (Lipinski definition) is 5. The maximum atomic E-state index is 9.78. The van der Waals surface area contributed by atoms with Gasteiger partial charge in [-0.1, -0.05) is 52.1 Å². The number of benzene rings is 1. The average Bonchev–Trinajstić information content (AvgIpc) is 2.41. The Bertz CT molecular complexity index is 549. The summed E-state index contributed by atoms with van der Waals surface area (Å²) < 4.78 is -0.431. The van der Waals surface area contributed by atoms with E-state index in [2.05, 4.69) is 5.16 Å². The van der Waals surface area contributed by atoms with Crippen LogP contribution in [0.3, 0.4) is 0 Å². The lowest BCUT2D eigenvalue weighted by molar-refractivity contribution is -0.131. The van der Waals surface area contributed by atoms with Crippen molar-refractivity contribution in [3.8, 4) is 5.40 Å². The lowest BCUT2D eigenvalue weighted by Crippen LogP contribution is -1.93. The number of oxime groups is 1. The lowest BCUT2D eigenvalue weighted by Gasteiger charge is -1.93. The molecule has 0 atom stereocenters. The third-order valence-corrected chi connectivity index (χ3v) is 3.13. The maximum Gasteiger partial charge on any atom is 0.349 e. The summed E-state index contributed by atoms with van der Waals surface area (Å²) in [7, 11) is 0. The van der Waals surface area contributed by atoms with Crippen LogP contribution < -0.4 is 0 Å². The van der Waals surface area contributed by atoms with E-state index in [1.54, 1.807) is 24.3 Å². The van der Waals surface area contributed by atoms with Gasteiger partial charge in [-0.15, -0.1) is 0 Å². The maximum absolute atomic E-state index is 9.78. The highest BCUT2D eigenvalue weighted by Crippen LogP contribution is 2.17. The molecule has 0 amide bonds. The molecule has 9 heteroatoms. The largest absolute Gasteiger partial charge is 0.477 e. The van der Waals surface area contributed by atoms with Gasteiger partial charge in [-0.3, -0.25) is 0 Å². The molecule has 20 heavy (non-hydrogen) atoms. The summed E-state index contributed by atoms with van der Waals surface area (Å²) in [6, 6.07) is 7.15. The molecule has 0 aliphatic carbocycles. The molecule has 0 aliphatic rings. The first-order valence-electron chi connectivity index (χ1n) is 4.69. The molecule has 5 nitrogen and oxygen atoms in total. The van der Waals surface area contributed by atoms with Crippen LogP contribution in [0.1, 0.15) is 5.56 Å². The number of carboxylic acid groups (broad SMARTS) is 1. The molecule has 1 rings (SSSR count). The van der Waals surface area contributed by atoms with Gasteiger partial charge >= 0.3 is 5.97 Å². The molecule has 2 N–H and O–H groups in total. The van der Waals surface area contributed by atoms with Crippen LogP contribution in [0.5, 0.6) is 0 Å². The van der Waals surface area contributed by atoms with E-state index in [-0.39, 0.29) is 0 Å². The summed E-state index contributed by atoms with van der Waals surface area (Å²) in [5, 5.41) is 28.8. The Kier molecular flexibility index (Phi) is 9.68. The fourth-order valence-corrected chi connectivity index (χ4v) is 1.36. The molecule has 0 saturated carbocycles. The van der Waals surface area contributed by atoms with Crippen molar-refractivity contribution < 1.29 is 15.1 Å². The van der Waals surface area contributed by atoms with Crippen LogP contribution in [-0.4, -0.2) is 22.5 Å². The van der Waals surface area contributed by atoms with Crippen molar-refractivity contribution in [3.63, 3.8) is 0 Å². The average molecular weight is 354 g/mol. The van der Waals surface area contributed by atoms with Gasteiger partial charge in [0.1, 0.15) is 9.89 Å². The second-order valence-electron chi connectivity index (χ2n) is 2.89. The van der Waals surface area contributed by atoms with E-state index < -0.39 is 15.5 Å². The Morgan fingerprint density at radius 1 is 1.30 bits per heavy atom. The molecule has 0 bridgehead atoms. The molecule has 0 unspecified atom stereocenters. The fraction of sp³-hybridized carbons (Fsp3) is 0. The standard InChI is InChI=1S/C8H6N2OS.C3HCl3O2/c9-6-12-8-3-1-7(2-4-8)5-10-11;4-1(2(5)6)3(7)8/h1-5,11H;(H,7,8). The van der Waals surface area contributed by atoms with Gasteiger partial charge in [0, 0.05) is 4.90 Å². The number of rotatable bonds is 3. The van der Waals surface area contributed by atoms with E-state index in [1.165, 1.54) is 6.21 Å². The number of thioether (sulfide) groups is 1. The Labute approximate surface area is 134 Å². The predicted octanol–water partition coefficient (Wildman–Crippen LogP) is 4.02. The van der Waals surface area contributed by atoms with Crippen LogP contribution in [0.15, 0.2) is 43.8 Å². The second kappa shape index (κ2) is 10.4. The second-order valence-corrected chi connectivity index (χ2v) is 5.07. The third-order valence-electron chi connectivity index (χ3n) is 1.60. The Morgan fingerprint density at radius 3 is 2.15 bits per heavy atom. The molecule has 0 radical (unpaired) electrons. The van der Waals surface area contributed by atoms with Gasteiger partial charge < -0.3 is 10.3 Å². The number of halogens is 3. The summed E-state index contributed by atoms with van der Waals surface area (Å²) in [5.74, 6) is -1.33. The highest BCUT2D eigenvalue weighted by atomic mass is 35.5. The van der Waals surface area contributed by atoms with Crippen molar-refractivity contribution in [2.45, 2.75) is 4.90 Å². The van der Waals surface area contributed by atoms with Crippen molar-refractivity contribution in [1.29, 1.82) is 5.26 Å². The minimum atomic E-state index is -1.33. The fourth-order valence-electron chi connectivity index (χ4n) is 0.822. The van der Waals surface area contributed by atoms with E-state index >= 15 is 0 Å². The van der Waals surface area contributed by atoms with Gasteiger partial charge in [0.15, 0.2) is 5.03 Å². The zero-order valence-electron chi connectivity index (χ0n) is 9.63. The first kappa shape index (κ1) is 18.6. The molecular formula is C11H7Cl3N2O3S. The van der Waals surface area contributed by atoms with Gasteiger partial charge in [0.25, 0.3) is 0 Å². The van der Waals surface area contributed by atoms with Crippen LogP contribution in [0.25, 0.3) is 0 Å². The van der Waals surface area contributed by atoms with Gasteiger partial charge in [-0.25, -0.2) is 4.79 Å². The number of hydrogen-bond donors (Lipinski definition) is 2. The molecule has 0 heterocycles. The van der Waals surface area contributed by atoms with E-state index in [1.807, 2.05) is 5.40 Å². The number of nitrogens with zero attached hydrogens (tertiary/aromatic N) is 2. The molecule has 0 aliphatic heterocycles. The highest BCUT2D eigenvalue weighted by Gasteiger charge is 2.06. The molecule has 1 aromatic carbocycles. The Hall–Kier alpha value is -1.39. The van der Waals surface area contributed by atoms with E-state index in [0.717, 1.165) is 22.2 Å². The molecule has 106 valence electrons. The smallest absolute Gasteiger partial charge is 0.349 e. The minimum absolute atomic E-state index is 0.431. The highest BCUT2D eigenvalue weighted by molar-refractivity contribution is 8.03. The van der Waals surface area contributed by atoms with E-state index in [0.29, 0.717) is 0 Å². The van der Waals surface area contributed by atoms with Gasteiger partial charge in [0.05, 0.1) is 6.21 Å². The summed E-state index contributed by atoms with van der Waals surface area (Å²) in [4.78, 5) is 10.7. The van der Waals surface area contributed by atoms with Crippen LogP contribution in [0, 0.1) is 10.7 Å². The van der Waals surface area contributed by atoms with Gasteiger partial charge in [0.2, 0.25) is 0 Å². The van der Waals surface area contributed by atoms with Crippen molar-refractivity contribution in [2.24, 2.45) is 5.16 Å². The summed E-state index contributed by atoms with van der Waals surface area (Å²) in [5.41, 5.74) is 0.805. The monoisotopic (exact) mass is 352 g/mol. The van der Waals surface area contributed by atoms with Crippen LogP contribution in [0.2, 0.25) is 0 Å². The van der Waals surface area contributed by atoms with Gasteiger partial charge in [-0.2, -0.15) is 5.26 Å². The SMILES string of the molecule is N#CSc1ccc(C=NO)cc1.O=C(O)C(Cl)=C(Cl)Cl. The van der Waals surface area contributed by atoms with Crippen molar-refractivity contribution in [1.82, 2.24) is 0 Å². The van der Waals surface area contributed by atoms with E-state index in [9.17, 15) is 4.79 Å². The number of nitriles is 1. The summed E-state index contributed by atoms with van der Waals surface area (Å²) in [6.07, 6.45) is 1.33. The predicted molar refractivity (Wildman–Crippen MR) is 79.5 cm³/mol. The number of thiocyanates is 1. The van der Waals surface area contributed by atoms with Crippen LogP contribution in [0.4, 0.5) is 0 Å². The van der Waals surface area contributed by atoms with E-state index in [4.69, 9.17) is 50.4 Å². The molecule has 0 aromatic heterocycles. The summed E-state index contributed by atoms with van der Waals surface area (Å²) in [6.45, 7) is 0. The zero-order chi connectivity index (χ0) is 15.5. The molecule has 0 spiro atoms. The van der Waals surface area contributed by atoms with Crippen molar-refractivity contribution in [3.05, 3.63) is 39.4 Å². The van der Waals surface area contributed by atoms with Crippen molar-refractivity contribution in [2.75, 3.05) is 0 Å². The van der Waals surface area contributed by atoms with Crippen molar-refractivity contribution >= 4 is 58.7 Å². The molecule has 0 saturated heterocycles. The Balaban J connectivity index is 0.000000396. The Morgan fingerprint density at radius 2 is 1.85 bits per heavy atom. The first-order valence-corrected chi connectivity index (χ1v) is 6.65. The quantitative estimate of drug-likeness (QED) is 0.214. The first-order chi connectivity index (χ1) is 9.42. The molecule has 0 fully saturated rings. The number of carbonyl (C=O) groups is 1. The van der Waals surface area contributed by atoms with Gasteiger partial charge in [-0.05, 0) is 29.5 Å². The normalized spacial score (nSPS) is 9.30. The number of aliphatic carboxylic acids is 1. The molecular weight excluding hydrogens is 347 g/mol.